The highest BCUT2D eigenvalue weighted by Crippen LogP contribution is 2.39. The second-order valence-corrected chi connectivity index (χ2v) is 6.55. The smallest absolute Gasteiger partial charge is 0.144 e. The van der Waals surface area contributed by atoms with Gasteiger partial charge in [-0.1, -0.05) is 26.7 Å². The molecule has 1 heterocycles. The van der Waals surface area contributed by atoms with E-state index in [0.717, 1.165) is 47.1 Å². The summed E-state index contributed by atoms with van der Waals surface area (Å²) in [6.07, 6.45) is 7.25. The van der Waals surface area contributed by atoms with E-state index in [-0.39, 0.29) is 0 Å². The van der Waals surface area contributed by atoms with Crippen LogP contribution in [0, 0.1) is 5.92 Å². The van der Waals surface area contributed by atoms with Crippen LogP contribution in [0.1, 0.15) is 70.3 Å². The Bertz CT molecular complexity index is 420. The number of hydrogen-bond donors (Lipinski definition) is 1. The Morgan fingerprint density at radius 1 is 1.20 bits per heavy atom. The summed E-state index contributed by atoms with van der Waals surface area (Å²) in [6.45, 7) is 7.49. The van der Waals surface area contributed by atoms with Crippen LogP contribution in [-0.4, -0.2) is 16.5 Å². The SMILES string of the molecule is CCCc1nc(C2CCC(CC)C2)nc(NCC)c1Br. The first kappa shape index (κ1) is 15.7. The summed E-state index contributed by atoms with van der Waals surface area (Å²) in [5.74, 6) is 3.45. The Balaban J connectivity index is 2.28. The van der Waals surface area contributed by atoms with Gasteiger partial charge in [-0.15, -0.1) is 0 Å². The summed E-state index contributed by atoms with van der Waals surface area (Å²) in [5.41, 5.74) is 1.16. The van der Waals surface area contributed by atoms with E-state index in [4.69, 9.17) is 9.97 Å². The molecular formula is C16H26BrN3. The zero-order chi connectivity index (χ0) is 14.5. The molecule has 2 rings (SSSR count). The van der Waals surface area contributed by atoms with E-state index in [1.807, 2.05) is 0 Å². The summed E-state index contributed by atoms with van der Waals surface area (Å²) in [4.78, 5) is 9.64. The average molecular weight is 340 g/mol. The van der Waals surface area contributed by atoms with E-state index in [9.17, 15) is 0 Å². The summed E-state index contributed by atoms with van der Waals surface area (Å²) in [7, 11) is 0. The molecule has 1 saturated carbocycles. The Kier molecular flexibility index (Phi) is 5.82. The summed E-state index contributed by atoms with van der Waals surface area (Å²) in [5, 5.41) is 3.37. The number of nitrogens with one attached hydrogen (secondary N) is 1. The van der Waals surface area contributed by atoms with Crippen molar-refractivity contribution in [1.82, 2.24) is 9.97 Å². The van der Waals surface area contributed by atoms with E-state index in [2.05, 4.69) is 42.0 Å². The number of aromatic nitrogens is 2. The van der Waals surface area contributed by atoms with Crippen LogP contribution in [0.15, 0.2) is 4.47 Å². The van der Waals surface area contributed by atoms with Crippen molar-refractivity contribution in [2.45, 2.75) is 65.2 Å². The van der Waals surface area contributed by atoms with Crippen molar-refractivity contribution < 1.29 is 0 Å². The Labute approximate surface area is 131 Å². The minimum Gasteiger partial charge on any atom is -0.369 e. The molecule has 0 spiro atoms. The lowest BCUT2D eigenvalue weighted by molar-refractivity contribution is 0.516. The molecule has 4 heteroatoms. The van der Waals surface area contributed by atoms with E-state index in [0.29, 0.717) is 5.92 Å². The highest BCUT2D eigenvalue weighted by atomic mass is 79.9. The van der Waals surface area contributed by atoms with Crippen molar-refractivity contribution in [3.63, 3.8) is 0 Å². The molecule has 3 nitrogen and oxygen atoms in total. The molecular weight excluding hydrogens is 314 g/mol. The molecule has 0 amide bonds. The third kappa shape index (κ3) is 3.51. The van der Waals surface area contributed by atoms with Crippen molar-refractivity contribution in [1.29, 1.82) is 0 Å². The van der Waals surface area contributed by atoms with Gasteiger partial charge in [0.15, 0.2) is 0 Å². The number of rotatable bonds is 6. The van der Waals surface area contributed by atoms with Gasteiger partial charge in [0.1, 0.15) is 11.6 Å². The summed E-state index contributed by atoms with van der Waals surface area (Å²) in [6, 6.07) is 0. The first-order valence-electron chi connectivity index (χ1n) is 7.99. The quantitative estimate of drug-likeness (QED) is 0.799. The van der Waals surface area contributed by atoms with E-state index in [1.165, 1.54) is 25.7 Å². The average Bonchev–Trinajstić information content (AvgIpc) is 2.92. The lowest BCUT2D eigenvalue weighted by Crippen LogP contribution is -2.10. The zero-order valence-electron chi connectivity index (χ0n) is 12.9. The van der Waals surface area contributed by atoms with Crippen LogP contribution in [0.2, 0.25) is 0 Å². The first-order chi connectivity index (χ1) is 9.69. The third-order valence-corrected chi connectivity index (χ3v) is 5.09. The monoisotopic (exact) mass is 339 g/mol. The standard InChI is InChI=1S/C16H26BrN3/c1-4-7-13-14(17)16(18-6-3)20-15(19-13)12-9-8-11(5-2)10-12/h11-12H,4-10H2,1-3H3,(H,18,19,20). The lowest BCUT2D eigenvalue weighted by atomic mass is 10.0. The Morgan fingerprint density at radius 2 is 2.00 bits per heavy atom. The number of anilines is 1. The molecule has 2 atom stereocenters. The van der Waals surface area contributed by atoms with Gasteiger partial charge in [-0.2, -0.15) is 0 Å². The van der Waals surface area contributed by atoms with Crippen molar-refractivity contribution >= 4 is 21.7 Å². The molecule has 0 bridgehead atoms. The second kappa shape index (κ2) is 7.39. The highest BCUT2D eigenvalue weighted by Gasteiger charge is 2.27. The van der Waals surface area contributed by atoms with Gasteiger partial charge < -0.3 is 5.32 Å². The van der Waals surface area contributed by atoms with Crippen molar-refractivity contribution in [3.8, 4) is 0 Å². The van der Waals surface area contributed by atoms with Gasteiger partial charge in [0.2, 0.25) is 0 Å². The molecule has 1 aliphatic carbocycles. The van der Waals surface area contributed by atoms with Gasteiger partial charge >= 0.3 is 0 Å². The maximum absolute atomic E-state index is 4.86. The molecule has 1 aromatic heterocycles. The van der Waals surface area contributed by atoms with E-state index >= 15 is 0 Å². The molecule has 2 unspecified atom stereocenters. The second-order valence-electron chi connectivity index (χ2n) is 5.76. The number of aryl methyl sites for hydroxylation is 1. The van der Waals surface area contributed by atoms with Crippen molar-refractivity contribution in [2.75, 3.05) is 11.9 Å². The topological polar surface area (TPSA) is 37.8 Å². The Morgan fingerprint density at radius 3 is 2.60 bits per heavy atom. The summed E-state index contributed by atoms with van der Waals surface area (Å²) < 4.78 is 1.05. The minimum atomic E-state index is 0.557. The molecule has 0 aliphatic heterocycles. The minimum absolute atomic E-state index is 0.557. The van der Waals surface area contributed by atoms with E-state index < -0.39 is 0 Å². The molecule has 20 heavy (non-hydrogen) atoms. The first-order valence-corrected chi connectivity index (χ1v) is 8.78. The van der Waals surface area contributed by atoms with Gasteiger partial charge in [-0.05, 0) is 54.5 Å². The predicted molar refractivity (Wildman–Crippen MR) is 88.3 cm³/mol. The predicted octanol–water partition coefficient (Wildman–Crippen LogP) is 4.92. The molecule has 1 aromatic rings. The van der Waals surface area contributed by atoms with Crippen molar-refractivity contribution in [3.05, 3.63) is 16.0 Å². The largest absolute Gasteiger partial charge is 0.369 e. The van der Waals surface area contributed by atoms with Crippen LogP contribution in [0.25, 0.3) is 0 Å². The van der Waals surface area contributed by atoms with Crippen LogP contribution in [0.3, 0.4) is 0 Å². The molecule has 1 aliphatic rings. The molecule has 112 valence electrons. The number of hydrogen-bond acceptors (Lipinski definition) is 3. The Hall–Kier alpha value is -0.640. The molecule has 0 aromatic carbocycles. The van der Waals surface area contributed by atoms with Crippen LogP contribution >= 0.6 is 15.9 Å². The highest BCUT2D eigenvalue weighted by molar-refractivity contribution is 9.10. The lowest BCUT2D eigenvalue weighted by Gasteiger charge is -2.15. The van der Waals surface area contributed by atoms with Gasteiger partial charge in [-0.25, -0.2) is 9.97 Å². The number of halogens is 1. The van der Waals surface area contributed by atoms with Crippen molar-refractivity contribution in [2.24, 2.45) is 5.92 Å². The molecule has 1 N–H and O–H groups in total. The maximum atomic E-state index is 4.86. The maximum Gasteiger partial charge on any atom is 0.144 e. The third-order valence-electron chi connectivity index (χ3n) is 4.25. The van der Waals surface area contributed by atoms with Crippen LogP contribution < -0.4 is 5.32 Å². The van der Waals surface area contributed by atoms with Crippen LogP contribution in [0.5, 0.6) is 0 Å². The van der Waals surface area contributed by atoms with Crippen LogP contribution in [-0.2, 0) is 6.42 Å². The molecule has 1 fully saturated rings. The van der Waals surface area contributed by atoms with Gasteiger partial charge in [0, 0.05) is 12.5 Å². The number of nitrogens with zero attached hydrogens (tertiary/aromatic N) is 2. The molecule has 0 saturated heterocycles. The normalized spacial score (nSPS) is 22.2. The van der Waals surface area contributed by atoms with Crippen LogP contribution in [0.4, 0.5) is 5.82 Å². The van der Waals surface area contributed by atoms with Gasteiger partial charge in [-0.3, -0.25) is 0 Å². The van der Waals surface area contributed by atoms with Gasteiger partial charge in [0.25, 0.3) is 0 Å². The van der Waals surface area contributed by atoms with E-state index in [1.54, 1.807) is 0 Å². The fourth-order valence-corrected chi connectivity index (χ4v) is 3.58. The fraction of sp³-hybridized carbons (Fsp3) is 0.750. The zero-order valence-corrected chi connectivity index (χ0v) is 14.5. The van der Waals surface area contributed by atoms with Gasteiger partial charge in [0.05, 0.1) is 10.2 Å². The summed E-state index contributed by atoms with van der Waals surface area (Å²) >= 11 is 3.66. The molecule has 0 radical (unpaired) electrons. The fourth-order valence-electron chi connectivity index (χ4n) is 3.06.